The SMILES string of the molecule is Cc1cccc(-c2cccc[n+]2C)c1Cc1c(C)cccc1-c1cccc[n+]1C. The zero-order chi connectivity index (χ0) is 20.4. The monoisotopic (exact) mass is 380 g/mol. The molecule has 2 nitrogen and oxygen atoms in total. The van der Waals surface area contributed by atoms with Gasteiger partial charge in [-0.3, -0.25) is 0 Å². The maximum atomic E-state index is 2.25. The second kappa shape index (κ2) is 8.00. The Balaban J connectivity index is 1.89. The van der Waals surface area contributed by atoms with Gasteiger partial charge in [0.05, 0.1) is 0 Å². The molecule has 2 heteroatoms. The Bertz CT molecular complexity index is 1080. The lowest BCUT2D eigenvalue weighted by atomic mass is 9.88. The molecule has 0 atom stereocenters. The van der Waals surface area contributed by atoms with Crippen LogP contribution in [0.2, 0.25) is 0 Å². The fourth-order valence-corrected chi connectivity index (χ4v) is 4.14. The second-order valence-electron chi connectivity index (χ2n) is 7.77. The molecule has 2 aromatic carbocycles. The van der Waals surface area contributed by atoms with Crippen molar-refractivity contribution in [3.8, 4) is 22.5 Å². The third-order valence-electron chi connectivity index (χ3n) is 5.84. The highest BCUT2D eigenvalue weighted by Gasteiger charge is 2.20. The predicted molar refractivity (Wildman–Crippen MR) is 118 cm³/mol. The third kappa shape index (κ3) is 3.71. The quantitative estimate of drug-likeness (QED) is 0.446. The third-order valence-corrected chi connectivity index (χ3v) is 5.84. The van der Waals surface area contributed by atoms with Crippen molar-refractivity contribution in [3.63, 3.8) is 0 Å². The zero-order valence-electron chi connectivity index (χ0n) is 17.7. The summed E-state index contributed by atoms with van der Waals surface area (Å²) in [5.74, 6) is 0. The van der Waals surface area contributed by atoms with Crippen LogP contribution in [0.4, 0.5) is 0 Å². The van der Waals surface area contributed by atoms with Crippen LogP contribution in [-0.4, -0.2) is 0 Å². The highest BCUT2D eigenvalue weighted by atomic mass is 14.9. The van der Waals surface area contributed by atoms with Crippen molar-refractivity contribution >= 4 is 0 Å². The van der Waals surface area contributed by atoms with Gasteiger partial charge in [0.2, 0.25) is 11.4 Å². The predicted octanol–water partition coefficient (Wildman–Crippen LogP) is 4.88. The van der Waals surface area contributed by atoms with E-state index in [1.807, 2.05) is 0 Å². The number of nitrogens with zero attached hydrogens (tertiary/aromatic N) is 2. The molecular formula is C27H28N2+2. The minimum atomic E-state index is 0.911. The topological polar surface area (TPSA) is 7.76 Å². The van der Waals surface area contributed by atoms with Gasteiger partial charge in [0.25, 0.3) is 0 Å². The number of aromatic nitrogens is 2. The number of hydrogen-bond donors (Lipinski definition) is 0. The smallest absolute Gasteiger partial charge is 0.201 e. The van der Waals surface area contributed by atoms with E-state index >= 15 is 0 Å². The molecule has 0 saturated carbocycles. The Kier molecular flexibility index (Phi) is 5.26. The van der Waals surface area contributed by atoms with Gasteiger partial charge >= 0.3 is 0 Å². The zero-order valence-corrected chi connectivity index (χ0v) is 17.7. The van der Waals surface area contributed by atoms with Crippen LogP contribution in [0.5, 0.6) is 0 Å². The molecule has 0 aliphatic heterocycles. The maximum absolute atomic E-state index is 2.25. The average molecular weight is 381 g/mol. The highest BCUT2D eigenvalue weighted by molar-refractivity contribution is 5.68. The maximum Gasteiger partial charge on any atom is 0.212 e. The molecule has 144 valence electrons. The van der Waals surface area contributed by atoms with Crippen LogP contribution < -0.4 is 9.13 Å². The van der Waals surface area contributed by atoms with Gasteiger partial charge in [-0.25, -0.2) is 9.13 Å². The normalized spacial score (nSPS) is 10.9. The van der Waals surface area contributed by atoms with Crippen LogP contribution >= 0.6 is 0 Å². The first kappa shape index (κ1) is 19.1. The molecule has 0 bridgehead atoms. The molecular weight excluding hydrogens is 352 g/mol. The average Bonchev–Trinajstić information content (AvgIpc) is 2.72. The van der Waals surface area contributed by atoms with Crippen molar-refractivity contribution in [2.75, 3.05) is 0 Å². The Morgan fingerprint density at radius 1 is 0.552 bits per heavy atom. The van der Waals surface area contributed by atoms with Crippen molar-refractivity contribution in [1.29, 1.82) is 0 Å². The minimum absolute atomic E-state index is 0.911. The molecule has 0 aliphatic carbocycles. The van der Waals surface area contributed by atoms with E-state index < -0.39 is 0 Å². The highest BCUT2D eigenvalue weighted by Crippen LogP contribution is 2.31. The summed E-state index contributed by atoms with van der Waals surface area (Å²) in [7, 11) is 4.23. The molecule has 0 N–H and O–H groups in total. The minimum Gasteiger partial charge on any atom is -0.201 e. The molecule has 0 radical (unpaired) electrons. The van der Waals surface area contributed by atoms with Crippen molar-refractivity contribution < 1.29 is 9.13 Å². The number of pyridine rings is 2. The summed E-state index contributed by atoms with van der Waals surface area (Å²) in [5, 5.41) is 0. The van der Waals surface area contributed by atoms with E-state index in [0.29, 0.717) is 0 Å². The first-order valence-corrected chi connectivity index (χ1v) is 10.1. The molecule has 0 aliphatic rings. The van der Waals surface area contributed by atoms with Crippen LogP contribution in [0.15, 0.2) is 85.2 Å². The van der Waals surface area contributed by atoms with Gasteiger partial charge < -0.3 is 0 Å². The molecule has 0 unspecified atom stereocenters. The number of rotatable bonds is 4. The number of benzene rings is 2. The van der Waals surface area contributed by atoms with Gasteiger partial charge in [0.15, 0.2) is 12.4 Å². The van der Waals surface area contributed by atoms with Crippen molar-refractivity contribution in [1.82, 2.24) is 0 Å². The van der Waals surface area contributed by atoms with Gasteiger partial charge in [-0.2, -0.15) is 0 Å². The van der Waals surface area contributed by atoms with Gasteiger partial charge in [-0.1, -0.05) is 24.3 Å². The Hall–Kier alpha value is -3.26. The molecule has 2 heterocycles. The molecule has 4 aromatic rings. The number of aryl methyl sites for hydroxylation is 4. The largest absolute Gasteiger partial charge is 0.212 e. The molecule has 2 aromatic heterocycles. The Morgan fingerprint density at radius 2 is 1.00 bits per heavy atom. The van der Waals surface area contributed by atoms with E-state index in [1.54, 1.807) is 0 Å². The standard InChI is InChI=1S/C27H28N2/c1-20-11-9-13-22(26-15-5-7-17-28(26)3)24(20)19-25-21(2)12-10-14-23(25)27-16-6-8-18-29(27)4/h5-18H,19H2,1-4H3/q+2. The van der Waals surface area contributed by atoms with Crippen LogP contribution in [-0.2, 0) is 20.5 Å². The van der Waals surface area contributed by atoms with E-state index in [4.69, 9.17) is 0 Å². The molecule has 0 amide bonds. The van der Waals surface area contributed by atoms with Crippen LogP contribution in [0.25, 0.3) is 22.5 Å². The fourth-order valence-electron chi connectivity index (χ4n) is 4.14. The van der Waals surface area contributed by atoms with Crippen LogP contribution in [0.1, 0.15) is 22.3 Å². The molecule has 4 rings (SSSR count). The first-order valence-electron chi connectivity index (χ1n) is 10.1. The summed E-state index contributed by atoms with van der Waals surface area (Å²) in [6.07, 6.45) is 5.14. The Morgan fingerprint density at radius 3 is 1.41 bits per heavy atom. The summed E-state index contributed by atoms with van der Waals surface area (Å²) < 4.78 is 4.41. The molecule has 29 heavy (non-hydrogen) atoms. The summed E-state index contributed by atoms with van der Waals surface area (Å²) in [4.78, 5) is 0. The van der Waals surface area contributed by atoms with E-state index in [1.165, 1.54) is 44.8 Å². The van der Waals surface area contributed by atoms with E-state index in [2.05, 4.69) is 122 Å². The van der Waals surface area contributed by atoms with Crippen LogP contribution in [0, 0.1) is 13.8 Å². The molecule has 0 saturated heterocycles. The summed E-state index contributed by atoms with van der Waals surface area (Å²) in [6, 6.07) is 26.1. The molecule has 0 fully saturated rings. The van der Waals surface area contributed by atoms with Crippen molar-refractivity contribution in [3.05, 3.63) is 107 Å². The Labute approximate surface area is 173 Å². The van der Waals surface area contributed by atoms with Crippen molar-refractivity contribution in [2.24, 2.45) is 14.1 Å². The van der Waals surface area contributed by atoms with Gasteiger partial charge in [0, 0.05) is 35.4 Å². The van der Waals surface area contributed by atoms with Gasteiger partial charge in [-0.15, -0.1) is 0 Å². The van der Waals surface area contributed by atoms with Crippen LogP contribution in [0.3, 0.4) is 0 Å². The first-order chi connectivity index (χ1) is 14.1. The van der Waals surface area contributed by atoms with E-state index in [0.717, 1.165) is 6.42 Å². The van der Waals surface area contributed by atoms with E-state index in [9.17, 15) is 0 Å². The lowest BCUT2D eigenvalue weighted by Crippen LogP contribution is -2.30. The van der Waals surface area contributed by atoms with Gasteiger partial charge in [0.1, 0.15) is 14.1 Å². The summed E-state index contributed by atoms with van der Waals surface area (Å²) in [5.41, 5.74) is 10.5. The number of hydrogen-bond acceptors (Lipinski definition) is 0. The molecule has 0 spiro atoms. The van der Waals surface area contributed by atoms with Gasteiger partial charge in [-0.05, 0) is 66.8 Å². The van der Waals surface area contributed by atoms with Crippen molar-refractivity contribution in [2.45, 2.75) is 20.3 Å². The lowest BCUT2D eigenvalue weighted by Gasteiger charge is -2.16. The summed E-state index contributed by atoms with van der Waals surface area (Å²) >= 11 is 0. The van der Waals surface area contributed by atoms with E-state index in [-0.39, 0.29) is 0 Å². The lowest BCUT2D eigenvalue weighted by molar-refractivity contribution is -0.660. The summed E-state index contributed by atoms with van der Waals surface area (Å²) in [6.45, 7) is 4.45. The fraction of sp³-hybridized carbons (Fsp3) is 0.185. The second-order valence-corrected chi connectivity index (χ2v) is 7.77.